The van der Waals surface area contributed by atoms with Crippen LogP contribution < -0.4 is 0 Å². The number of sulfone groups is 1. The van der Waals surface area contributed by atoms with Gasteiger partial charge in [-0.3, -0.25) is 9.47 Å². The molecule has 6 nitrogen and oxygen atoms in total. The molecule has 0 unspecified atom stereocenters. The Morgan fingerprint density at radius 2 is 1.93 bits per heavy atom. The van der Waals surface area contributed by atoms with Gasteiger partial charge in [-0.25, -0.2) is 13.1 Å². The molecule has 0 bridgehead atoms. The molecule has 0 aliphatic carbocycles. The molecule has 1 fully saturated rings. The average molecular weight is 409 g/mol. The van der Waals surface area contributed by atoms with E-state index in [-0.39, 0.29) is 17.5 Å². The average Bonchev–Trinajstić information content (AvgIpc) is 3.07. The summed E-state index contributed by atoms with van der Waals surface area (Å²) in [6.45, 7) is 9.62. The van der Waals surface area contributed by atoms with E-state index >= 15 is 0 Å². The minimum absolute atomic E-state index is 0.0316. The van der Waals surface area contributed by atoms with Gasteiger partial charge in [0.1, 0.15) is 5.82 Å². The predicted octanol–water partition coefficient (Wildman–Crippen LogP) is 3.12. The van der Waals surface area contributed by atoms with E-state index < -0.39 is 9.84 Å². The predicted molar refractivity (Wildman–Crippen MR) is 110 cm³/mol. The molecule has 148 valence electrons. The molecule has 0 N–H and O–H groups in total. The second kappa shape index (κ2) is 7.85. The first-order chi connectivity index (χ1) is 12.7. The topological polar surface area (TPSA) is 60.1 Å². The normalized spacial score (nSPS) is 19.3. The smallest absolute Gasteiger partial charge is 0.203 e. The maximum Gasteiger partial charge on any atom is 0.203 e. The summed E-state index contributed by atoms with van der Waals surface area (Å²) in [7, 11) is -2.93. The van der Waals surface area contributed by atoms with Gasteiger partial charge in [-0.15, -0.1) is 0 Å². The Morgan fingerprint density at radius 3 is 2.48 bits per heavy atom. The van der Waals surface area contributed by atoms with Crippen LogP contribution in [0.25, 0.3) is 5.69 Å². The van der Waals surface area contributed by atoms with Crippen molar-refractivity contribution in [2.75, 3.05) is 18.1 Å². The van der Waals surface area contributed by atoms with Gasteiger partial charge in [0, 0.05) is 18.3 Å². The fourth-order valence-electron chi connectivity index (χ4n) is 3.63. The highest BCUT2D eigenvalue weighted by Crippen LogP contribution is 2.21. The van der Waals surface area contributed by atoms with Crippen LogP contribution in [0.4, 0.5) is 0 Å². The van der Waals surface area contributed by atoms with E-state index in [2.05, 4.69) is 42.9 Å². The maximum atomic E-state index is 11.9. The first-order valence-electron chi connectivity index (χ1n) is 9.34. The summed E-state index contributed by atoms with van der Waals surface area (Å²) in [6.07, 6.45) is 0.681. The summed E-state index contributed by atoms with van der Waals surface area (Å²) in [4.78, 5) is 2.22. The molecule has 1 aliphatic rings. The zero-order valence-electron chi connectivity index (χ0n) is 16.4. The van der Waals surface area contributed by atoms with Crippen LogP contribution in [-0.4, -0.2) is 51.8 Å². The second-order valence-corrected chi connectivity index (χ2v) is 10.5. The Morgan fingerprint density at radius 1 is 1.26 bits per heavy atom. The molecule has 2 heterocycles. The summed E-state index contributed by atoms with van der Waals surface area (Å²) in [6, 6.07) is 8.23. The molecule has 0 amide bonds. The van der Waals surface area contributed by atoms with E-state index in [0.29, 0.717) is 23.8 Å². The standard InChI is InChI=1S/C19H28N4O2S2/c1-14(2)11-21(18-9-10-27(24,25)12-18)13-22-19(26)23(16(4)20-22)17-7-5-15(3)6-8-17/h5-8,14,18H,9-13H2,1-4H3/t18-/m1/s1. The summed E-state index contributed by atoms with van der Waals surface area (Å²) in [5.41, 5.74) is 2.19. The van der Waals surface area contributed by atoms with Crippen molar-refractivity contribution in [2.24, 2.45) is 5.92 Å². The molecule has 1 aromatic carbocycles. The largest absolute Gasteiger partial charge is 0.280 e. The van der Waals surface area contributed by atoms with Crippen molar-refractivity contribution < 1.29 is 8.42 Å². The van der Waals surface area contributed by atoms with Crippen LogP contribution in [-0.2, 0) is 16.5 Å². The SMILES string of the molecule is Cc1ccc(-n2c(C)nn(CN(CC(C)C)[C@@H]3CCS(=O)(=O)C3)c2=S)cc1. The van der Waals surface area contributed by atoms with E-state index in [1.54, 1.807) is 0 Å². The number of hydrogen-bond acceptors (Lipinski definition) is 5. The Balaban J connectivity index is 1.89. The van der Waals surface area contributed by atoms with E-state index in [4.69, 9.17) is 12.2 Å². The lowest BCUT2D eigenvalue weighted by atomic mass is 10.1. The molecule has 1 aromatic heterocycles. The van der Waals surface area contributed by atoms with Crippen molar-refractivity contribution in [3.63, 3.8) is 0 Å². The number of rotatable bonds is 6. The van der Waals surface area contributed by atoms with Crippen LogP contribution >= 0.6 is 12.2 Å². The Labute approximate surface area is 166 Å². The Kier molecular flexibility index (Phi) is 5.88. The molecule has 27 heavy (non-hydrogen) atoms. The highest BCUT2D eigenvalue weighted by atomic mass is 32.2. The third-order valence-electron chi connectivity index (χ3n) is 4.93. The van der Waals surface area contributed by atoms with Crippen LogP contribution in [0.15, 0.2) is 24.3 Å². The Hall–Kier alpha value is -1.51. The highest BCUT2D eigenvalue weighted by molar-refractivity contribution is 7.91. The lowest BCUT2D eigenvalue weighted by Gasteiger charge is -2.29. The van der Waals surface area contributed by atoms with Crippen LogP contribution in [0, 0.1) is 24.5 Å². The second-order valence-electron chi connectivity index (χ2n) is 7.86. The molecular formula is C19H28N4O2S2. The first kappa shape index (κ1) is 20.2. The van der Waals surface area contributed by atoms with E-state index in [1.165, 1.54) is 5.56 Å². The fourth-order valence-corrected chi connectivity index (χ4v) is 5.72. The zero-order chi connectivity index (χ0) is 19.8. The van der Waals surface area contributed by atoms with Gasteiger partial charge in [-0.05, 0) is 50.5 Å². The molecule has 0 saturated carbocycles. The van der Waals surface area contributed by atoms with Crippen molar-refractivity contribution >= 4 is 22.1 Å². The third-order valence-corrected chi connectivity index (χ3v) is 7.08. The van der Waals surface area contributed by atoms with Gasteiger partial charge in [0.25, 0.3) is 0 Å². The summed E-state index contributed by atoms with van der Waals surface area (Å²) in [5, 5.41) is 4.65. The lowest BCUT2D eigenvalue weighted by Crippen LogP contribution is -2.40. The highest BCUT2D eigenvalue weighted by Gasteiger charge is 2.33. The van der Waals surface area contributed by atoms with Crippen LogP contribution in [0.1, 0.15) is 31.7 Å². The number of benzene rings is 1. The summed E-state index contributed by atoms with van der Waals surface area (Å²) >= 11 is 5.70. The molecule has 8 heteroatoms. The number of aryl methyl sites for hydroxylation is 2. The van der Waals surface area contributed by atoms with Gasteiger partial charge in [0.05, 0.1) is 18.2 Å². The van der Waals surface area contributed by atoms with Crippen molar-refractivity contribution in [3.05, 3.63) is 40.4 Å². The van der Waals surface area contributed by atoms with Gasteiger partial charge in [-0.1, -0.05) is 31.5 Å². The summed E-state index contributed by atoms with van der Waals surface area (Å²) in [5.74, 6) is 1.76. The van der Waals surface area contributed by atoms with Gasteiger partial charge >= 0.3 is 0 Å². The first-order valence-corrected chi connectivity index (χ1v) is 11.6. The van der Waals surface area contributed by atoms with Crippen molar-refractivity contribution in [1.29, 1.82) is 0 Å². The molecular weight excluding hydrogens is 380 g/mol. The van der Waals surface area contributed by atoms with Gasteiger partial charge in [-0.2, -0.15) is 5.10 Å². The summed E-state index contributed by atoms with van der Waals surface area (Å²) < 4.78 is 28.3. The number of hydrogen-bond donors (Lipinski definition) is 0. The third kappa shape index (κ3) is 4.67. The van der Waals surface area contributed by atoms with Crippen molar-refractivity contribution in [3.8, 4) is 5.69 Å². The maximum absolute atomic E-state index is 11.9. The quantitative estimate of drug-likeness (QED) is 0.688. The molecule has 1 aliphatic heterocycles. The van der Waals surface area contributed by atoms with Crippen LogP contribution in [0.2, 0.25) is 0 Å². The van der Waals surface area contributed by atoms with Gasteiger partial charge < -0.3 is 0 Å². The molecule has 3 rings (SSSR count). The zero-order valence-corrected chi connectivity index (χ0v) is 18.1. The van der Waals surface area contributed by atoms with Gasteiger partial charge in [0.2, 0.25) is 4.77 Å². The lowest BCUT2D eigenvalue weighted by molar-refractivity contribution is 0.137. The Bertz CT molecular complexity index is 959. The number of nitrogens with zero attached hydrogens (tertiary/aromatic N) is 4. The van der Waals surface area contributed by atoms with Crippen LogP contribution in [0.3, 0.4) is 0 Å². The fraction of sp³-hybridized carbons (Fsp3) is 0.579. The van der Waals surface area contributed by atoms with Crippen molar-refractivity contribution in [1.82, 2.24) is 19.2 Å². The molecule has 2 aromatic rings. The molecule has 0 radical (unpaired) electrons. The van der Waals surface area contributed by atoms with E-state index in [1.807, 2.05) is 28.3 Å². The minimum Gasteiger partial charge on any atom is -0.280 e. The van der Waals surface area contributed by atoms with Gasteiger partial charge in [0.15, 0.2) is 9.84 Å². The van der Waals surface area contributed by atoms with E-state index in [9.17, 15) is 8.42 Å². The molecule has 1 atom stereocenters. The molecule has 1 saturated heterocycles. The monoisotopic (exact) mass is 408 g/mol. The number of aromatic nitrogens is 3. The van der Waals surface area contributed by atoms with E-state index in [0.717, 1.165) is 18.1 Å². The van der Waals surface area contributed by atoms with Crippen LogP contribution in [0.5, 0.6) is 0 Å². The van der Waals surface area contributed by atoms with Crippen molar-refractivity contribution in [2.45, 2.75) is 46.8 Å². The minimum atomic E-state index is -2.93. The molecule has 0 spiro atoms.